The van der Waals surface area contributed by atoms with E-state index in [-0.39, 0.29) is 10.5 Å². The molecule has 0 heterocycles. The highest BCUT2D eigenvalue weighted by Gasteiger charge is 2.28. The molecule has 0 atom stereocenters. The molecule has 0 bridgehead atoms. The summed E-state index contributed by atoms with van der Waals surface area (Å²) in [4.78, 5) is 0. The molecule has 3 nitrogen and oxygen atoms in total. The van der Waals surface area contributed by atoms with Gasteiger partial charge in [-0.3, -0.25) is 5.43 Å². The Hall–Kier alpha value is -0.770. The lowest BCUT2D eigenvalue weighted by molar-refractivity contribution is 0.208. The minimum atomic E-state index is 0.232. The van der Waals surface area contributed by atoms with E-state index < -0.39 is 0 Å². The Labute approximate surface area is 110 Å². The van der Waals surface area contributed by atoms with Crippen LogP contribution in [-0.2, 0) is 0 Å². The van der Waals surface area contributed by atoms with Crippen LogP contribution in [0.4, 0.5) is 0 Å². The zero-order valence-electron chi connectivity index (χ0n) is 11.2. The molecule has 1 aliphatic rings. The average Bonchev–Trinajstić information content (AvgIpc) is 2.27. The van der Waals surface area contributed by atoms with Crippen molar-refractivity contribution in [3.05, 3.63) is 11.8 Å². The molecule has 4 heteroatoms. The maximum Gasteiger partial charge on any atom is 0.182 e. The minimum Gasteiger partial charge on any atom is -0.375 e. The summed E-state index contributed by atoms with van der Waals surface area (Å²) >= 11 is 4.76. The number of rotatable bonds is 4. The molecule has 1 fully saturated rings. The van der Waals surface area contributed by atoms with E-state index >= 15 is 0 Å². The molecule has 0 radical (unpaired) electrons. The Bertz CT molecular complexity index is 291. The lowest BCUT2D eigenvalue weighted by Crippen LogP contribution is -2.40. The van der Waals surface area contributed by atoms with Gasteiger partial charge in [0, 0.05) is 5.70 Å². The minimum absolute atomic E-state index is 0.232. The fraction of sp³-hybridized carbons (Fsp3) is 0.769. The van der Waals surface area contributed by atoms with Gasteiger partial charge in [-0.2, -0.15) is 0 Å². The molecule has 1 saturated carbocycles. The third-order valence-corrected chi connectivity index (χ3v) is 3.73. The van der Waals surface area contributed by atoms with Crippen molar-refractivity contribution in [2.24, 2.45) is 17.1 Å². The molecule has 0 saturated heterocycles. The van der Waals surface area contributed by atoms with Gasteiger partial charge in [-0.1, -0.05) is 39.2 Å². The van der Waals surface area contributed by atoms with E-state index in [2.05, 4.69) is 30.8 Å². The van der Waals surface area contributed by atoms with Gasteiger partial charge in [0.15, 0.2) is 5.11 Å². The second kappa shape index (κ2) is 6.24. The van der Waals surface area contributed by atoms with E-state index in [0.717, 1.165) is 11.6 Å². The first-order valence-corrected chi connectivity index (χ1v) is 6.83. The monoisotopic (exact) mass is 255 g/mol. The highest BCUT2D eigenvalue weighted by Crippen LogP contribution is 2.39. The Morgan fingerprint density at radius 2 is 1.82 bits per heavy atom. The molecule has 1 rings (SSSR count). The Balaban J connectivity index is 2.55. The zero-order chi connectivity index (χ0) is 12.9. The second-order valence-electron chi connectivity index (χ2n) is 5.60. The number of thiocarbonyl (C=S) groups is 1. The van der Waals surface area contributed by atoms with Crippen molar-refractivity contribution >= 4 is 17.3 Å². The predicted octanol–water partition coefficient (Wildman–Crippen LogP) is 2.83. The van der Waals surface area contributed by atoms with E-state index in [4.69, 9.17) is 18.0 Å². The topological polar surface area (TPSA) is 50.1 Å². The number of nitrogens with one attached hydrogen (secondary N) is 2. The molecule has 0 spiro atoms. The van der Waals surface area contributed by atoms with Gasteiger partial charge in [-0.15, -0.1) is 0 Å². The Morgan fingerprint density at radius 3 is 2.35 bits per heavy atom. The highest BCUT2D eigenvalue weighted by atomic mass is 32.1. The summed E-state index contributed by atoms with van der Waals surface area (Å²) < 4.78 is 0. The van der Waals surface area contributed by atoms with Crippen molar-refractivity contribution in [3.8, 4) is 0 Å². The lowest BCUT2D eigenvalue weighted by atomic mass is 9.71. The van der Waals surface area contributed by atoms with Crippen molar-refractivity contribution in [2.75, 3.05) is 0 Å². The van der Waals surface area contributed by atoms with Crippen molar-refractivity contribution < 1.29 is 0 Å². The predicted molar refractivity (Wildman–Crippen MR) is 77.2 cm³/mol. The van der Waals surface area contributed by atoms with Crippen molar-refractivity contribution in [2.45, 2.75) is 52.9 Å². The van der Waals surface area contributed by atoms with E-state index in [0.29, 0.717) is 0 Å². The largest absolute Gasteiger partial charge is 0.375 e. The SMILES string of the molecule is CC(=CC(C)(C)C1CCCCC1)NNC(N)=S. The molecule has 1 aliphatic carbocycles. The molecule has 0 unspecified atom stereocenters. The molecular formula is C13H25N3S. The summed E-state index contributed by atoms with van der Waals surface area (Å²) in [5, 5.41) is 0.272. The molecule has 0 aromatic rings. The van der Waals surface area contributed by atoms with Crippen LogP contribution in [0.25, 0.3) is 0 Å². The van der Waals surface area contributed by atoms with Crippen LogP contribution in [0.15, 0.2) is 11.8 Å². The number of hydrazine groups is 1. The van der Waals surface area contributed by atoms with Crippen LogP contribution in [0.2, 0.25) is 0 Å². The quantitative estimate of drug-likeness (QED) is 0.534. The standard InChI is InChI=1S/C13H25N3S/c1-10(15-16-12(14)17)9-13(2,3)11-7-5-4-6-8-11/h9,11,15H,4-8H2,1-3H3,(H3,14,16,17). The van der Waals surface area contributed by atoms with Gasteiger partial charge in [0.05, 0.1) is 0 Å². The molecule has 0 aliphatic heterocycles. The van der Waals surface area contributed by atoms with Crippen LogP contribution < -0.4 is 16.6 Å². The van der Waals surface area contributed by atoms with E-state index in [9.17, 15) is 0 Å². The molecule has 17 heavy (non-hydrogen) atoms. The number of hydrogen-bond acceptors (Lipinski definition) is 2. The normalized spacial score (nSPS) is 18.9. The van der Waals surface area contributed by atoms with Gasteiger partial charge < -0.3 is 11.2 Å². The van der Waals surface area contributed by atoms with Gasteiger partial charge in [0.25, 0.3) is 0 Å². The lowest BCUT2D eigenvalue weighted by Gasteiger charge is -2.35. The van der Waals surface area contributed by atoms with Crippen molar-refractivity contribution in [1.29, 1.82) is 0 Å². The highest BCUT2D eigenvalue weighted by molar-refractivity contribution is 7.80. The van der Waals surface area contributed by atoms with Gasteiger partial charge >= 0.3 is 0 Å². The summed E-state index contributed by atoms with van der Waals surface area (Å²) in [5.74, 6) is 0.790. The van der Waals surface area contributed by atoms with Gasteiger partial charge in [0.1, 0.15) is 0 Å². The fourth-order valence-corrected chi connectivity index (χ4v) is 2.77. The molecule has 0 aromatic heterocycles. The van der Waals surface area contributed by atoms with Crippen LogP contribution in [0.5, 0.6) is 0 Å². The number of hydrogen-bond donors (Lipinski definition) is 3. The van der Waals surface area contributed by atoms with Crippen LogP contribution in [0, 0.1) is 11.3 Å². The fourth-order valence-electron chi connectivity index (χ4n) is 2.72. The zero-order valence-corrected chi connectivity index (χ0v) is 12.0. The van der Waals surface area contributed by atoms with Gasteiger partial charge in [-0.05, 0) is 43.3 Å². The number of allylic oxidation sites excluding steroid dienone is 2. The van der Waals surface area contributed by atoms with Crippen LogP contribution in [0.3, 0.4) is 0 Å². The van der Waals surface area contributed by atoms with E-state index in [1.807, 2.05) is 6.92 Å². The summed E-state index contributed by atoms with van der Waals surface area (Å²) in [6.07, 6.45) is 9.13. The molecule has 0 aromatic carbocycles. The summed E-state index contributed by atoms with van der Waals surface area (Å²) in [7, 11) is 0. The molecule has 0 amide bonds. The summed E-state index contributed by atoms with van der Waals surface area (Å²) in [5.41, 5.74) is 12.5. The Morgan fingerprint density at radius 1 is 1.24 bits per heavy atom. The molecule has 4 N–H and O–H groups in total. The van der Waals surface area contributed by atoms with Gasteiger partial charge in [-0.25, -0.2) is 0 Å². The smallest absolute Gasteiger partial charge is 0.182 e. The third kappa shape index (κ3) is 4.94. The summed E-state index contributed by atoms with van der Waals surface area (Å²) in [6.45, 7) is 6.67. The maximum absolute atomic E-state index is 5.38. The molecular weight excluding hydrogens is 230 g/mol. The average molecular weight is 255 g/mol. The van der Waals surface area contributed by atoms with Gasteiger partial charge in [0.2, 0.25) is 0 Å². The van der Waals surface area contributed by atoms with Crippen LogP contribution in [0.1, 0.15) is 52.9 Å². The Kier molecular flexibility index (Phi) is 5.25. The first-order chi connectivity index (χ1) is 7.92. The summed E-state index contributed by atoms with van der Waals surface area (Å²) in [6, 6.07) is 0. The first-order valence-electron chi connectivity index (χ1n) is 6.43. The maximum atomic E-state index is 5.38. The number of nitrogens with two attached hydrogens (primary N) is 1. The van der Waals surface area contributed by atoms with Crippen LogP contribution >= 0.6 is 12.2 Å². The molecule has 98 valence electrons. The third-order valence-electron chi connectivity index (χ3n) is 3.63. The second-order valence-corrected chi connectivity index (χ2v) is 6.04. The van der Waals surface area contributed by atoms with Crippen molar-refractivity contribution in [3.63, 3.8) is 0 Å². The van der Waals surface area contributed by atoms with E-state index in [1.54, 1.807) is 0 Å². The first kappa shape index (κ1) is 14.3. The van der Waals surface area contributed by atoms with E-state index in [1.165, 1.54) is 32.1 Å². The van der Waals surface area contributed by atoms with Crippen LogP contribution in [-0.4, -0.2) is 5.11 Å². The van der Waals surface area contributed by atoms with Crippen molar-refractivity contribution in [1.82, 2.24) is 10.9 Å².